The lowest BCUT2D eigenvalue weighted by Crippen LogP contribution is -2.20. The minimum absolute atomic E-state index is 0.0578. The maximum Gasteiger partial charge on any atom is 0.306 e. The standard InChI is InChI=1S/C28H21NO7/c1-35-24(32)13-19(20-12-16-4-2-3-5-22(16)29-28(20)34)25-23(31)11-10-18-26(33)21(14-36-27(18)25)15-6-8-17(30)9-7-15/h2-12,14,19,30-31H,13H2,1H3,(H,29,34). The van der Waals surface area contributed by atoms with Crippen molar-refractivity contribution in [3.8, 4) is 22.6 Å². The third kappa shape index (κ3) is 3.98. The number of para-hydroxylation sites is 1. The molecule has 0 spiro atoms. The minimum Gasteiger partial charge on any atom is -0.508 e. The predicted octanol–water partition coefficient (Wildman–Crippen LogP) is 4.41. The van der Waals surface area contributed by atoms with Crippen LogP contribution in [0.4, 0.5) is 0 Å². The molecule has 8 nitrogen and oxygen atoms in total. The van der Waals surface area contributed by atoms with Gasteiger partial charge in [-0.05, 0) is 47.3 Å². The SMILES string of the molecule is COC(=O)CC(c1cc2ccccc2[nH]c1=O)c1c(O)ccc2c(=O)c(-c3ccc(O)cc3)coc12. The van der Waals surface area contributed by atoms with Crippen molar-refractivity contribution >= 4 is 27.8 Å². The number of rotatable bonds is 5. The van der Waals surface area contributed by atoms with Crippen LogP contribution in [0.3, 0.4) is 0 Å². The van der Waals surface area contributed by atoms with E-state index in [2.05, 4.69) is 4.98 Å². The van der Waals surface area contributed by atoms with Crippen LogP contribution in [0.25, 0.3) is 33.0 Å². The van der Waals surface area contributed by atoms with Crippen LogP contribution in [-0.4, -0.2) is 28.3 Å². The van der Waals surface area contributed by atoms with Crippen molar-refractivity contribution in [2.24, 2.45) is 0 Å². The normalized spacial score (nSPS) is 12.0. The van der Waals surface area contributed by atoms with Crippen LogP contribution < -0.4 is 11.0 Å². The molecule has 180 valence electrons. The molecular formula is C28H21NO7. The van der Waals surface area contributed by atoms with Crippen molar-refractivity contribution in [1.82, 2.24) is 4.98 Å². The van der Waals surface area contributed by atoms with Crippen LogP contribution in [0.2, 0.25) is 0 Å². The summed E-state index contributed by atoms with van der Waals surface area (Å²) in [6.07, 6.45) is 0.994. The minimum atomic E-state index is -0.961. The fraction of sp³-hybridized carbons (Fsp3) is 0.107. The van der Waals surface area contributed by atoms with Crippen molar-refractivity contribution in [3.05, 3.63) is 105 Å². The van der Waals surface area contributed by atoms with Gasteiger partial charge in [0.25, 0.3) is 5.56 Å². The average molecular weight is 483 g/mol. The summed E-state index contributed by atoms with van der Waals surface area (Å²) in [7, 11) is 1.23. The number of esters is 1. The van der Waals surface area contributed by atoms with E-state index in [0.29, 0.717) is 11.1 Å². The number of hydrogen-bond acceptors (Lipinski definition) is 7. The zero-order valence-corrected chi connectivity index (χ0v) is 19.1. The molecule has 0 saturated carbocycles. The Kier molecular flexibility index (Phi) is 5.77. The van der Waals surface area contributed by atoms with E-state index in [9.17, 15) is 24.6 Å². The molecule has 36 heavy (non-hydrogen) atoms. The monoisotopic (exact) mass is 483 g/mol. The van der Waals surface area contributed by atoms with Gasteiger partial charge in [0.2, 0.25) is 5.43 Å². The van der Waals surface area contributed by atoms with E-state index in [1.54, 1.807) is 30.3 Å². The maximum atomic E-state index is 13.4. The van der Waals surface area contributed by atoms with Gasteiger partial charge >= 0.3 is 5.97 Å². The molecule has 1 unspecified atom stereocenters. The highest BCUT2D eigenvalue weighted by atomic mass is 16.5. The van der Waals surface area contributed by atoms with Crippen molar-refractivity contribution in [2.45, 2.75) is 12.3 Å². The third-order valence-corrected chi connectivity index (χ3v) is 6.24. The second-order valence-corrected chi connectivity index (χ2v) is 8.37. The van der Waals surface area contributed by atoms with Gasteiger partial charge < -0.3 is 24.4 Å². The molecule has 5 rings (SSSR count). The van der Waals surface area contributed by atoms with Gasteiger partial charge in [-0.2, -0.15) is 0 Å². The molecule has 0 bridgehead atoms. The van der Waals surface area contributed by atoms with Crippen LogP contribution >= 0.6 is 0 Å². The predicted molar refractivity (Wildman–Crippen MR) is 134 cm³/mol. The zero-order chi connectivity index (χ0) is 25.4. The first-order valence-electron chi connectivity index (χ1n) is 11.1. The second kappa shape index (κ2) is 9.07. The molecule has 0 saturated heterocycles. The van der Waals surface area contributed by atoms with Gasteiger partial charge in [0.1, 0.15) is 23.3 Å². The van der Waals surface area contributed by atoms with E-state index in [4.69, 9.17) is 9.15 Å². The molecule has 3 N–H and O–H groups in total. The van der Waals surface area contributed by atoms with E-state index >= 15 is 0 Å². The lowest BCUT2D eigenvalue weighted by atomic mass is 9.86. The van der Waals surface area contributed by atoms with Gasteiger partial charge in [0.05, 0.1) is 24.5 Å². The highest BCUT2D eigenvalue weighted by Gasteiger charge is 2.28. The van der Waals surface area contributed by atoms with E-state index in [1.807, 2.05) is 12.1 Å². The Morgan fingerprint density at radius 1 is 1.03 bits per heavy atom. The molecule has 0 amide bonds. The number of aromatic hydroxyl groups is 2. The van der Waals surface area contributed by atoms with Crippen molar-refractivity contribution < 1.29 is 24.2 Å². The molecular weight excluding hydrogens is 462 g/mol. The summed E-state index contributed by atoms with van der Waals surface area (Å²) < 4.78 is 10.7. The number of H-pyrrole nitrogens is 1. The number of benzene rings is 3. The molecule has 3 aromatic carbocycles. The average Bonchev–Trinajstić information content (AvgIpc) is 2.88. The van der Waals surface area contributed by atoms with Gasteiger partial charge in [-0.1, -0.05) is 30.3 Å². The summed E-state index contributed by atoms with van der Waals surface area (Å²) in [5, 5.41) is 21.4. The number of carbonyl (C=O) groups is 1. The zero-order valence-electron chi connectivity index (χ0n) is 19.1. The lowest BCUT2D eigenvalue weighted by molar-refractivity contribution is -0.140. The highest BCUT2D eigenvalue weighted by Crippen LogP contribution is 2.39. The van der Waals surface area contributed by atoms with E-state index < -0.39 is 17.4 Å². The number of hydrogen-bond donors (Lipinski definition) is 3. The fourth-order valence-corrected chi connectivity index (χ4v) is 4.43. The molecule has 0 fully saturated rings. The Morgan fingerprint density at radius 2 is 1.78 bits per heavy atom. The Morgan fingerprint density at radius 3 is 2.53 bits per heavy atom. The van der Waals surface area contributed by atoms with Gasteiger partial charge in [0.15, 0.2) is 0 Å². The smallest absolute Gasteiger partial charge is 0.306 e. The van der Waals surface area contributed by atoms with E-state index in [-0.39, 0.29) is 51.0 Å². The molecule has 2 aromatic heterocycles. The Balaban J connectivity index is 1.76. The number of aromatic amines is 1. The largest absolute Gasteiger partial charge is 0.508 e. The number of aromatic nitrogens is 1. The second-order valence-electron chi connectivity index (χ2n) is 8.37. The molecule has 1 atom stereocenters. The maximum absolute atomic E-state index is 13.4. The number of phenols is 2. The summed E-state index contributed by atoms with van der Waals surface area (Å²) in [6.45, 7) is 0. The first-order valence-corrected chi connectivity index (χ1v) is 11.1. The third-order valence-electron chi connectivity index (χ3n) is 6.24. The van der Waals surface area contributed by atoms with Crippen LogP contribution in [-0.2, 0) is 9.53 Å². The van der Waals surface area contributed by atoms with Crippen molar-refractivity contribution in [1.29, 1.82) is 0 Å². The summed E-state index contributed by atoms with van der Waals surface area (Å²) in [5.41, 5.74) is 1.01. The molecule has 8 heteroatoms. The summed E-state index contributed by atoms with van der Waals surface area (Å²) in [4.78, 5) is 41.7. The first kappa shape index (κ1) is 22.9. The summed E-state index contributed by atoms with van der Waals surface area (Å²) >= 11 is 0. The van der Waals surface area contributed by atoms with Crippen molar-refractivity contribution in [3.63, 3.8) is 0 Å². The first-order chi connectivity index (χ1) is 17.4. The van der Waals surface area contributed by atoms with Crippen LogP contribution in [0.1, 0.15) is 23.5 Å². The number of fused-ring (bicyclic) bond motifs is 2. The van der Waals surface area contributed by atoms with E-state index in [1.165, 1.54) is 37.6 Å². The van der Waals surface area contributed by atoms with Gasteiger partial charge in [-0.3, -0.25) is 14.4 Å². The van der Waals surface area contributed by atoms with Crippen LogP contribution in [0.5, 0.6) is 11.5 Å². The van der Waals surface area contributed by atoms with E-state index in [0.717, 1.165) is 5.39 Å². The van der Waals surface area contributed by atoms with Crippen molar-refractivity contribution in [2.75, 3.05) is 7.11 Å². The van der Waals surface area contributed by atoms with Gasteiger partial charge in [0, 0.05) is 22.6 Å². The Hall–Kier alpha value is -4.85. The van der Waals surface area contributed by atoms with Crippen LogP contribution in [0.15, 0.2) is 87.0 Å². The number of methoxy groups -OCH3 is 1. The molecule has 0 aliphatic heterocycles. The Bertz CT molecular complexity index is 1730. The Labute approximate surface area is 204 Å². The molecule has 0 aliphatic carbocycles. The number of pyridine rings is 1. The lowest BCUT2D eigenvalue weighted by Gasteiger charge is -2.19. The number of phenolic OH excluding ortho intramolecular Hbond substituents is 2. The molecule has 0 radical (unpaired) electrons. The quantitative estimate of drug-likeness (QED) is 0.316. The summed E-state index contributed by atoms with van der Waals surface area (Å²) in [6, 6.07) is 17.7. The van der Waals surface area contributed by atoms with Gasteiger partial charge in [-0.15, -0.1) is 0 Å². The van der Waals surface area contributed by atoms with Gasteiger partial charge in [-0.25, -0.2) is 0 Å². The molecule has 2 heterocycles. The fourth-order valence-electron chi connectivity index (χ4n) is 4.43. The molecule has 5 aromatic rings. The number of carbonyl (C=O) groups excluding carboxylic acids is 1. The van der Waals surface area contributed by atoms with Crippen LogP contribution in [0, 0.1) is 0 Å². The number of ether oxygens (including phenoxy) is 1. The topological polar surface area (TPSA) is 130 Å². The molecule has 0 aliphatic rings. The number of nitrogens with one attached hydrogen (secondary N) is 1. The highest BCUT2D eigenvalue weighted by molar-refractivity contribution is 5.88. The summed E-state index contributed by atoms with van der Waals surface area (Å²) in [5.74, 6) is -1.74.